The standard InChI is InChI=1S/C11H16N2OS.ClH/c1-8-4-6-15-10(8)11(14)13-9-3-2-5-12-7-9;/h4,6,9,12H,2-3,5,7H2,1H3,(H,13,14);1H/t9-;/m0./s1. The van der Waals surface area contributed by atoms with Crippen molar-refractivity contribution in [1.29, 1.82) is 0 Å². The summed E-state index contributed by atoms with van der Waals surface area (Å²) in [5.41, 5.74) is 1.07. The molecule has 16 heavy (non-hydrogen) atoms. The van der Waals surface area contributed by atoms with Crippen LogP contribution in [0.4, 0.5) is 0 Å². The molecule has 2 rings (SSSR count). The normalized spacial score (nSPS) is 19.9. The lowest BCUT2D eigenvalue weighted by Crippen LogP contribution is -2.45. The number of nitrogens with one attached hydrogen (secondary N) is 2. The minimum absolute atomic E-state index is 0. The van der Waals surface area contributed by atoms with E-state index in [1.54, 1.807) is 0 Å². The van der Waals surface area contributed by atoms with E-state index >= 15 is 0 Å². The van der Waals surface area contributed by atoms with Crippen molar-refractivity contribution in [1.82, 2.24) is 10.6 Å². The number of halogens is 1. The Hall–Kier alpha value is -0.580. The summed E-state index contributed by atoms with van der Waals surface area (Å²) in [6.45, 7) is 3.95. The van der Waals surface area contributed by atoms with E-state index in [2.05, 4.69) is 10.6 Å². The lowest BCUT2D eigenvalue weighted by Gasteiger charge is -2.23. The Morgan fingerprint density at radius 2 is 2.44 bits per heavy atom. The smallest absolute Gasteiger partial charge is 0.261 e. The number of amides is 1. The molecule has 0 aliphatic carbocycles. The van der Waals surface area contributed by atoms with Crippen molar-refractivity contribution in [2.45, 2.75) is 25.8 Å². The third-order valence-electron chi connectivity index (χ3n) is 2.70. The Kier molecular flexibility index (Phi) is 5.25. The molecule has 2 N–H and O–H groups in total. The number of rotatable bonds is 2. The maximum atomic E-state index is 11.9. The average molecular weight is 261 g/mol. The summed E-state index contributed by atoms with van der Waals surface area (Å²) in [7, 11) is 0. The van der Waals surface area contributed by atoms with Crippen molar-refractivity contribution in [2.75, 3.05) is 13.1 Å². The number of piperidine rings is 1. The van der Waals surface area contributed by atoms with Crippen molar-refractivity contribution >= 4 is 29.7 Å². The average Bonchev–Trinajstić information content (AvgIpc) is 2.66. The molecule has 90 valence electrons. The Morgan fingerprint density at radius 1 is 1.62 bits per heavy atom. The molecule has 5 heteroatoms. The van der Waals surface area contributed by atoms with Crippen LogP contribution in [0.1, 0.15) is 28.1 Å². The fraction of sp³-hybridized carbons (Fsp3) is 0.545. The quantitative estimate of drug-likeness (QED) is 0.854. The first-order chi connectivity index (χ1) is 7.27. The van der Waals surface area contributed by atoms with Gasteiger partial charge in [-0.15, -0.1) is 23.7 Å². The summed E-state index contributed by atoms with van der Waals surface area (Å²) in [6.07, 6.45) is 2.23. The number of thiophene rings is 1. The molecule has 1 atom stereocenters. The second-order valence-electron chi connectivity index (χ2n) is 3.95. The minimum Gasteiger partial charge on any atom is -0.347 e. The van der Waals surface area contributed by atoms with E-state index in [-0.39, 0.29) is 18.3 Å². The fourth-order valence-corrected chi connectivity index (χ4v) is 2.66. The van der Waals surface area contributed by atoms with Crippen molar-refractivity contribution < 1.29 is 4.79 Å². The fourth-order valence-electron chi connectivity index (χ4n) is 1.83. The zero-order valence-electron chi connectivity index (χ0n) is 9.29. The molecule has 1 aromatic rings. The first kappa shape index (κ1) is 13.5. The summed E-state index contributed by atoms with van der Waals surface area (Å²) in [5.74, 6) is 0.0798. The van der Waals surface area contributed by atoms with Crippen molar-refractivity contribution in [2.24, 2.45) is 0 Å². The second kappa shape index (κ2) is 6.23. The van der Waals surface area contributed by atoms with Gasteiger partial charge in [0.25, 0.3) is 5.91 Å². The van der Waals surface area contributed by atoms with Gasteiger partial charge in [-0.3, -0.25) is 4.79 Å². The van der Waals surface area contributed by atoms with E-state index in [0.29, 0.717) is 6.04 Å². The van der Waals surface area contributed by atoms with Crippen LogP contribution in [-0.4, -0.2) is 25.0 Å². The monoisotopic (exact) mass is 260 g/mol. The Balaban J connectivity index is 0.00000128. The molecule has 0 radical (unpaired) electrons. The molecule has 0 aromatic carbocycles. The summed E-state index contributed by atoms with van der Waals surface area (Å²) in [6, 6.07) is 2.28. The van der Waals surface area contributed by atoms with E-state index in [0.717, 1.165) is 36.4 Å². The molecule has 1 saturated heterocycles. The van der Waals surface area contributed by atoms with E-state index in [1.165, 1.54) is 11.3 Å². The van der Waals surface area contributed by atoms with E-state index < -0.39 is 0 Å². The Morgan fingerprint density at radius 3 is 3.00 bits per heavy atom. The van der Waals surface area contributed by atoms with E-state index in [1.807, 2.05) is 18.4 Å². The summed E-state index contributed by atoms with van der Waals surface area (Å²) in [5, 5.41) is 8.32. The lowest BCUT2D eigenvalue weighted by molar-refractivity contribution is 0.0934. The van der Waals surface area contributed by atoms with Gasteiger partial charge >= 0.3 is 0 Å². The van der Waals surface area contributed by atoms with Crippen molar-refractivity contribution in [3.63, 3.8) is 0 Å². The highest BCUT2D eigenvalue weighted by molar-refractivity contribution is 7.12. The highest BCUT2D eigenvalue weighted by Gasteiger charge is 2.17. The molecule has 0 saturated carbocycles. The van der Waals surface area contributed by atoms with Gasteiger partial charge in [0.2, 0.25) is 0 Å². The van der Waals surface area contributed by atoms with Crippen LogP contribution in [0.5, 0.6) is 0 Å². The van der Waals surface area contributed by atoms with Gasteiger partial charge < -0.3 is 10.6 Å². The van der Waals surface area contributed by atoms with Gasteiger partial charge in [0.15, 0.2) is 0 Å². The molecule has 0 spiro atoms. The molecule has 0 unspecified atom stereocenters. The molecule has 2 heterocycles. The van der Waals surface area contributed by atoms with Gasteiger partial charge in [0.1, 0.15) is 0 Å². The SMILES string of the molecule is Cc1ccsc1C(=O)N[C@H]1CCCNC1.Cl. The first-order valence-electron chi connectivity index (χ1n) is 5.33. The zero-order valence-corrected chi connectivity index (χ0v) is 10.9. The largest absolute Gasteiger partial charge is 0.347 e. The molecule has 0 bridgehead atoms. The number of carbonyl (C=O) groups is 1. The molecule has 1 aliphatic heterocycles. The Labute approximate surface area is 106 Å². The van der Waals surface area contributed by atoms with Gasteiger partial charge in [-0.25, -0.2) is 0 Å². The maximum absolute atomic E-state index is 11.9. The molecule has 1 aromatic heterocycles. The molecule has 1 amide bonds. The highest BCUT2D eigenvalue weighted by atomic mass is 35.5. The van der Waals surface area contributed by atoms with Gasteiger partial charge in [-0.05, 0) is 43.3 Å². The Bertz CT molecular complexity index is 348. The van der Waals surface area contributed by atoms with Gasteiger partial charge in [-0.2, -0.15) is 0 Å². The molecular weight excluding hydrogens is 244 g/mol. The van der Waals surface area contributed by atoms with Crippen molar-refractivity contribution in [3.05, 3.63) is 21.9 Å². The molecule has 3 nitrogen and oxygen atoms in total. The van der Waals surface area contributed by atoms with Crippen LogP contribution in [0.25, 0.3) is 0 Å². The van der Waals surface area contributed by atoms with Gasteiger partial charge in [-0.1, -0.05) is 0 Å². The van der Waals surface area contributed by atoms with Crippen LogP contribution in [0.3, 0.4) is 0 Å². The number of hydrogen-bond donors (Lipinski definition) is 2. The number of carbonyl (C=O) groups excluding carboxylic acids is 1. The van der Waals surface area contributed by atoms with Crippen molar-refractivity contribution in [3.8, 4) is 0 Å². The second-order valence-corrected chi connectivity index (χ2v) is 4.87. The number of hydrogen-bond acceptors (Lipinski definition) is 3. The van der Waals surface area contributed by atoms with Crippen LogP contribution >= 0.6 is 23.7 Å². The van der Waals surface area contributed by atoms with E-state index in [4.69, 9.17) is 0 Å². The van der Waals surface area contributed by atoms with Crippen LogP contribution in [0.15, 0.2) is 11.4 Å². The molecule has 1 aliphatic rings. The predicted octanol–water partition coefficient (Wildman–Crippen LogP) is 1.96. The minimum atomic E-state index is 0. The van der Waals surface area contributed by atoms with Gasteiger partial charge in [0, 0.05) is 12.6 Å². The summed E-state index contributed by atoms with van der Waals surface area (Å²) in [4.78, 5) is 12.7. The first-order valence-corrected chi connectivity index (χ1v) is 6.21. The van der Waals surface area contributed by atoms with Crippen LogP contribution in [0.2, 0.25) is 0 Å². The third kappa shape index (κ3) is 3.20. The summed E-state index contributed by atoms with van der Waals surface area (Å²) >= 11 is 1.51. The van der Waals surface area contributed by atoms with Crippen LogP contribution in [-0.2, 0) is 0 Å². The summed E-state index contributed by atoms with van der Waals surface area (Å²) < 4.78 is 0. The number of aryl methyl sites for hydroxylation is 1. The predicted molar refractivity (Wildman–Crippen MR) is 69.7 cm³/mol. The third-order valence-corrected chi connectivity index (χ3v) is 3.72. The van der Waals surface area contributed by atoms with Crippen LogP contribution < -0.4 is 10.6 Å². The topological polar surface area (TPSA) is 41.1 Å². The van der Waals surface area contributed by atoms with Gasteiger partial charge in [0.05, 0.1) is 4.88 Å². The molecular formula is C11H17ClN2OS. The zero-order chi connectivity index (χ0) is 10.7. The molecule has 1 fully saturated rings. The lowest BCUT2D eigenvalue weighted by atomic mass is 10.1. The van der Waals surface area contributed by atoms with E-state index in [9.17, 15) is 4.79 Å². The highest BCUT2D eigenvalue weighted by Crippen LogP contribution is 2.15. The van der Waals surface area contributed by atoms with Crippen LogP contribution in [0, 0.1) is 6.92 Å². The maximum Gasteiger partial charge on any atom is 0.261 e.